The molecule has 5 heteroatoms. The van der Waals surface area contributed by atoms with Crippen molar-refractivity contribution in [3.05, 3.63) is 93.7 Å². The summed E-state index contributed by atoms with van der Waals surface area (Å²) < 4.78 is 0. The van der Waals surface area contributed by atoms with Gasteiger partial charge in [-0.15, -0.1) is 11.3 Å². The highest BCUT2D eigenvalue weighted by Gasteiger charge is 2.11. The van der Waals surface area contributed by atoms with Gasteiger partial charge in [-0.2, -0.15) is 0 Å². The number of allylic oxidation sites excluding steroid dienone is 1. The first-order valence-electron chi connectivity index (χ1n) is 8.00. The molecular weight excluding hydrogens is 364 g/mol. The Morgan fingerprint density at radius 3 is 2.69 bits per heavy atom. The SMILES string of the molecule is C=C/C(=N\c1ccccc1C)c1cc(NC(=O)c2cccs2)ccc1Cl. The third kappa shape index (κ3) is 4.10. The maximum Gasteiger partial charge on any atom is 0.265 e. The fraction of sp³-hybridized carbons (Fsp3) is 0.0476. The molecule has 0 atom stereocenters. The molecule has 0 bridgehead atoms. The van der Waals surface area contributed by atoms with Gasteiger partial charge in [-0.05, 0) is 54.3 Å². The Morgan fingerprint density at radius 2 is 2.00 bits per heavy atom. The number of nitrogens with zero attached hydrogens (tertiary/aromatic N) is 1. The number of thiophene rings is 1. The Labute approximate surface area is 161 Å². The van der Waals surface area contributed by atoms with E-state index in [-0.39, 0.29) is 5.91 Å². The van der Waals surface area contributed by atoms with Crippen LogP contribution in [0.25, 0.3) is 0 Å². The monoisotopic (exact) mass is 380 g/mol. The molecule has 1 amide bonds. The Hall–Kier alpha value is -2.69. The lowest BCUT2D eigenvalue weighted by atomic mass is 10.1. The zero-order chi connectivity index (χ0) is 18.5. The number of benzene rings is 2. The third-order valence-electron chi connectivity index (χ3n) is 3.79. The number of rotatable bonds is 5. The predicted molar refractivity (Wildman–Crippen MR) is 111 cm³/mol. The van der Waals surface area contributed by atoms with Gasteiger partial charge in [-0.1, -0.05) is 42.4 Å². The summed E-state index contributed by atoms with van der Waals surface area (Å²) >= 11 is 7.77. The molecule has 0 aliphatic heterocycles. The second-order valence-electron chi connectivity index (χ2n) is 5.61. The van der Waals surface area contributed by atoms with Crippen molar-refractivity contribution in [2.45, 2.75) is 6.92 Å². The lowest BCUT2D eigenvalue weighted by Gasteiger charge is -2.10. The van der Waals surface area contributed by atoms with E-state index in [0.29, 0.717) is 26.9 Å². The van der Waals surface area contributed by atoms with Crippen LogP contribution in [0.3, 0.4) is 0 Å². The van der Waals surface area contributed by atoms with Crippen LogP contribution < -0.4 is 5.32 Å². The number of halogens is 1. The van der Waals surface area contributed by atoms with E-state index in [2.05, 4.69) is 16.9 Å². The smallest absolute Gasteiger partial charge is 0.265 e. The quantitative estimate of drug-likeness (QED) is 0.521. The standard InChI is InChI=1S/C21H17ClN2OS/c1-3-18(24-19-8-5-4-7-14(19)2)16-13-15(10-11-17(16)22)23-21(25)20-9-6-12-26-20/h3-13H,1H2,2H3,(H,23,25)/b24-18+. The molecule has 3 rings (SSSR count). The summed E-state index contributed by atoms with van der Waals surface area (Å²) in [6, 6.07) is 16.8. The number of aryl methyl sites for hydroxylation is 1. The van der Waals surface area contributed by atoms with Crippen LogP contribution in [0.2, 0.25) is 5.02 Å². The minimum Gasteiger partial charge on any atom is -0.321 e. The number of nitrogens with one attached hydrogen (secondary N) is 1. The minimum absolute atomic E-state index is 0.149. The number of para-hydroxylation sites is 1. The minimum atomic E-state index is -0.149. The van der Waals surface area contributed by atoms with Crippen molar-refractivity contribution in [1.29, 1.82) is 0 Å². The van der Waals surface area contributed by atoms with Crippen LogP contribution in [0.1, 0.15) is 20.8 Å². The first-order valence-corrected chi connectivity index (χ1v) is 9.26. The van der Waals surface area contributed by atoms with Gasteiger partial charge in [0.25, 0.3) is 5.91 Å². The molecule has 0 spiro atoms. The predicted octanol–water partition coefficient (Wildman–Crippen LogP) is 6.27. The van der Waals surface area contributed by atoms with Crippen LogP contribution in [-0.2, 0) is 0 Å². The van der Waals surface area contributed by atoms with Crippen LogP contribution in [0.4, 0.5) is 11.4 Å². The van der Waals surface area contributed by atoms with Crippen LogP contribution in [0, 0.1) is 6.92 Å². The second-order valence-corrected chi connectivity index (χ2v) is 6.97. The van der Waals surface area contributed by atoms with Gasteiger partial charge in [0, 0.05) is 11.3 Å². The highest BCUT2D eigenvalue weighted by molar-refractivity contribution is 7.12. The lowest BCUT2D eigenvalue weighted by Crippen LogP contribution is -2.10. The molecule has 1 N–H and O–H groups in total. The van der Waals surface area contributed by atoms with Crippen LogP contribution in [-0.4, -0.2) is 11.6 Å². The molecule has 130 valence electrons. The Morgan fingerprint density at radius 1 is 1.19 bits per heavy atom. The molecular formula is C21H17ClN2OS. The van der Waals surface area contributed by atoms with Gasteiger partial charge in [0.1, 0.15) is 0 Å². The van der Waals surface area contributed by atoms with Gasteiger partial charge in [-0.25, -0.2) is 4.99 Å². The van der Waals surface area contributed by atoms with Crippen molar-refractivity contribution in [3.63, 3.8) is 0 Å². The highest BCUT2D eigenvalue weighted by atomic mass is 35.5. The van der Waals surface area contributed by atoms with Crippen molar-refractivity contribution < 1.29 is 4.79 Å². The van der Waals surface area contributed by atoms with E-state index in [1.165, 1.54) is 11.3 Å². The summed E-state index contributed by atoms with van der Waals surface area (Å²) in [6.07, 6.45) is 1.67. The Bertz CT molecular complexity index is 977. The van der Waals surface area contributed by atoms with Gasteiger partial charge in [0.2, 0.25) is 0 Å². The molecule has 1 aromatic heterocycles. The normalized spacial score (nSPS) is 11.2. The molecule has 0 fully saturated rings. The van der Waals surface area contributed by atoms with E-state index in [4.69, 9.17) is 11.6 Å². The molecule has 0 saturated heterocycles. The summed E-state index contributed by atoms with van der Waals surface area (Å²) in [7, 11) is 0. The van der Waals surface area contributed by atoms with Gasteiger partial charge in [0.05, 0.1) is 21.3 Å². The molecule has 0 saturated carbocycles. The zero-order valence-corrected chi connectivity index (χ0v) is 15.8. The molecule has 0 aliphatic rings. The van der Waals surface area contributed by atoms with Gasteiger partial charge in [0.15, 0.2) is 0 Å². The lowest BCUT2D eigenvalue weighted by molar-refractivity contribution is 0.103. The van der Waals surface area contributed by atoms with E-state index in [0.717, 1.165) is 11.3 Å². The summed E-state index contributed by atoms with van der Waals surface area (Å²) in [5.41, 5.74) is 3.93. The average Bonchev–Trinajstić information content (AvgIpc) is 3.18. The molecule has 3 aromatic rings. The average molecular weight is 381 g/mol. The summed E-state index contributed by atoms with van der Waals surface area (Å²) in [5, 5.41) is 5.31. The van der Waals surface area contributed by atoms with Crippen molar-refractivity contribution in [3.8, 4) is 0 Å². The van der Waals surface area contributed by atoms with E-state index < -0.39 is 0 Å². The fourth-order valence-electron chi connectivity index (χ4n) is 2.43. The number of aliphatic imine (C=N–C) groups is 1. The number of anilines is 1. The van der Waals surface area contributed by atoms with Crippen molar-refractivity contribution in [2.75, 3.05) is 5.32 Å². The zero-order valence-electron chi connectivity index (χ0n) is 14.2. The van der Waals surface area contributed by atoms with Crippen molar-refractivity contribution in [1.82, 2.24) is 0 Å². The van der Waals surface area contributed by atoms with Crippen molar-refractivity contribution in [2.24, 2.45) is 4.99 Å². The van der Waals surface area contributed by atoms with Gasteiger partial charge < -0.3 is 5.32 Å². The van der Waals surface area contributed by atoms with Crippen LogP contribution >= 0.6 is 22.9 Å². The molecule has 0 radical (unpaired) electrons. The summed E-state index contributed by atoms with van der Waals surface area (Å²) in [5.74, 6) is -0.149. The largest absolute Gasteiger partial charge is 0.321 e. The first-order chi connectivity index (χ1) is 12.6. The Balaban J connectivity index is 1.94. The number of hydrogen-bond donors (Lipinski definition) is 1. The molecule has 0 aliphatic carbocycles. The van der Waals surface area contributed by atoms with E-state index in [9.17, 15) is 4.79 Å². The van der Waals surface area contributed by atoms with E-state index >= 15 is 0 Å². The fourth-order valence-corrected chi connectivity index (χ4v) is 3.27. The van der Waals surface area contributed by atoms with Gasteiger partial charge in [-0.3, -0.25) is 4.79 Å². The highest BCUT2D eigenvalue weighted by Crippen LogP contribution is 2.25. The number of hydrogen-bond acceptors (Lipinski definition) is 3. The summed E-state index contributed by atoms with van der Waals surface area (Å²) in [4.78, 5) is 17.6. The first kappa shape index (κ1) is 18.1. The van der Waals surface area contributed by atoms with E-state index in [1.807, 2.05) is 48.7 Å². The summed E-state index contributed by atoms with van der Waals surface area (Å²) in [6.45, 7) is 5.86. The molecule has 3 nitrogen and oxygen atoms in total. The maximum absolute atomic E-state index is 12.3. The third-order valence-corrected chi connectivity index (χ3v) is 4.99. The molecule has 2 aromatic carbocycles. The topological polar surface area (TPSA) is 41.5 Å². The van der Waals surface area contributed by atoms with E-state index in [1.54, 1.807) is 24.3 Å². The Kier molecular flexibility index (Phi) is 5.66. The number of carbonyl (C=O) groups is 1. The van der Waals surface area contributed by atoms with Crippen LogP contribution in [0.15, 0.2) is 77.6 Å². The number of amides is 1. The van der Waals surface area contributed by atoms with Crippen LogP contribution in [0.5, 0.6) is 0 Å². The molecule has 0 unspecified atom stereocenters. The molecule has 1 heterocycles. The van der Waals surface area contributed by atoms with Gasteiger partial charge >= 0.3 is 0 Å². The second kappa shape index (κ2) is 8.13. The maximum atomic E-state index is 12.3. The van der Waals surface area contributed by atoms with Crippen molar-refractivity contribution >= 4 is 45.9 Å². The molecule has 26 heavy (non-hydrogen) atoms. The number of carbonyl (C=O) groups excluding carboxylic acids is 1.